The fourth-order valence-electron chi connectivity index (χ4n) is 2.59. The van der Waals surface area contributed by atoms with E-state index >= 15 is 0 Å². The number of hydrogen-bond donors (Lipinski definition) is 2. The quantitative estimate of drug-likeness (QED) is 0.723. The van der Waals surface area contributed by atoms with Crippen molar-refractivity contribution in [3.8, 4) is 17.7 Å². The van der Waals surface area contributed by atoms with Gasteiger partial charge >= 0.3 is 0 Å². The number of hydrogen-bond acceptors (Lipinski definition) is 6. The van der Waals surface area contributed by atoms with Gasteiger partial charge in [0.25, 0.3) is 11.5 Å². The first-order chi connectivity index (χ1) is 13.4. The average Bonchev–Trinajstić information content (AvgIpc) is 2.67. The normalized spacial score (nSPS) is 10.2. The molecule has 0 bridgehead atoms. The van der Waals surface area contributed by atoms with Crippen LogP contribution in [0.3, 0.4) is 0 Å². The second-order valence-electron chi connectivity index (χ2n) is 6.14. The molecule has 1 amide bonds. The number of aromatic amines is 1. The van der Waals surface area contributed by atoms with E-state index in [1.54, 1.807) is 51.1 Å². The molecule has 0 saturated carbocycles. The first-order valence-corrected chi connectivity index (χ1v) is 8.41. The summed E-state index contributed by atoms with van der Waals surface area (Å²) in [6.07, 6.45) is 1.54. The number of carbonyl (C=O) groups excluding carboxylic acids is 1. The molecule has 140 valence electrons. The van der Waals surface area contributed by atoms with Gasteiger partial charge in [-0.05, 0) is 62.2 Å². The zero-order valence-corrected chi connectivity index (χ0v) is 15.5. The van der Waals surface area contributed by atoms with Crippen LogP contribution in [0.2, 0.25) is 0 Å². The number of nitrogens with one attached hydrogen (secondary N) is 2. The Morgan fingerprint density at radius 2 is 2.04 bits per heavy atom. The third-order valence-electron chi connectivity index (χ3n) is 4.25. The summed E-state index contributed by atoms with van der Waals surface area (Å²) < 4.78 is 5.67. The van der Waals surface area contributed by atoms with Crippen LogP contribution in [-0.4, -0.2) is 21.1 Å². The van der Waals surface area contributed by atoms with Gasteiger partial charge in [0.15, 0.2) is 0 Å². The van der Waals surface area contributed by atoms with Crippen LogP contribution in [0.4, 0.5) is 5.69 Å². The van der Waals surface area contributed by atoms with E-state index in [9.17, 15) is 9.59 Å². The molecular weight excluding hydrogens is 358 g/mol. The van der Waals surface area contributed by atoms with Gasteiger partial charge in [0, 0.05) is 11.9 Å². The first-order valence-electron chi connectivity index (χ1n) is 8.41. The second kappa shape index (κ2) is 7.72. The molecule has 2 aromatic heterocycles. The van der Waals surface area contributed by atoms with E-state index in [0.717, 1.165) is 5.56 Å². The van der Waals surface area contributed by atoms with Gasteiger partial charge in [0.1, 0.15) is 22.9 Å². The topological polar surface area (TPSA) is 121 Å². The SMILES string of the molecule is Cc1cc(Oc2ncccc2C#N)ccc1NC(=O)c1c(C)c(C)n[nH]c1=O. The van der Waals surface area contributed by atoms with E-state index in [2.05, 4.69) is 20.5 Å². The zero-order valence-electron chi connectivity index (χ0n) is 15.5. The Morgan fingerprint density at radius 1 is 1.25 bits per heavy atom. The third kappa shape index (κ3) is 3.73. The van der Waals surface area contributed by atoms with E-state index in [1.807, 2.05) is 6.07 Å². The molecule has 2 N–H and O–H groups in total. The van der Waals surface area contributed by atoms with Gasteiger partial charge in [-0.1, -0.05) is 0 Å². The molecule has 8 heteroatoms. The molecule has 0 fully saturated rings. The Hall–Kier alpha value is -3.99. The highest BCUT2D eigenvalue weighted by atomic mass is 16.5. The van der Waals surface area contributed by atoms with E-state index in [4.69, 9.17) is 10.00 Å². The number of pyridine rings is 1. The summed E-state index contributed by atoms with van der Waals surface area (Å²) in [7, 11) is 0. The molecule has 0 spiro atoms. The van der Waals surface area contributed by atoms with E-state index in [1.165, 1.54) is 6.20 Å². The molecule has 0 aliphatic rings. The minimum absolute atomic E-state index is 0.0272. The number of aryl methyl sites for hydroxylation is 2. The van der Waals surface area contributed by atoms with E-state index < -0.39 is 11.5 Å². The van der Waals surface area contributed by atoms with Crippen LogP contribution in [0, 0.1) is 32.1 Å². The minimum atomic E-state index is -0.544. The lowest BCUT2D eigenvalue weighted by molar-refractivity contribution is 0.102. The molecule has 0 atom stereocenters. The number of amides is 1. The summed E-state index contributed by atoms with van der Waals surface area (Å²) in [6, 6.07) is 10.3. The monoisotopic (exact) mass is 375 g/mol. The predicted octanol–water partition coefficient (Wildman–Crippen LogP) is 3.01. The number of nitrogens with zero attached hydrogens (tertiary/aromatic N) is 3. The van der Waals surface area contributed by atoms with E-state index in [0.29, 0.717) is 28.3 Å². The van der Waals surface area contributed by atoms with Crippen molar-refractivity contribution in [2.75, 3.05) is 5.32 Å². The average molecular weight is 375 g/mol. The van der Waals surface area contributed by atoms with Gasteiger partial charge in [-0.3, -0.25) is 9.59 Å². The summed E-state index contributed by atoms with van der Waals surface area (Å²) in [4.78, 5) is 28.6. The third-order valence-corrected chi connectivity index (χ3v) is 4.25. The Kier molecular flexibility index (Phi) is 5.18. The van der Waals surface area contributed by atoms with Crippen molar-refractivity contribution < 1.29 is 9.53 Å². The highest BCUT2D eigenvalue weighted by molar-refractivity contribution is 6.05. The smallest absolute Gasteiger partial charge is 0.277 e. The number of aromatic nitrogens is 3. The van der Waals surface area contributed by atoms with Crippen molar-refractivity contribution in [2.45, 2.75) is 20.8 Å². The van der Waals surface area contributed by atoms with Crippen molar-refractivity contribution in [1.29, 1.82) is 5.26 Å². The molecule has 28 heavy (non-hydrogen) atoms. The summed E-state index contributed by atoms with van der Waals surface area (Å²) in [6.45, 7) is 5.18. The fourth-order valence-corrected chi connectivity index (χ4v) is 2.59. The van der Waals surface area contributed by atoms with Crippen LogP contribution in [0.1, 0.15) is 32.7 Å². The number of rotatable bonds is 4. The fraction of sp³-hybridized carbons (Fsp3) is 0.150. The maximum Gasteiger partial charge on any atom is 0.277 e. The molecule has 0 aliphatic carbocycles. The number of benzene rings is 1. The van der Waals surface area contributed by atoms with Crippen molar-refractivity contribution in [2.24, 2.45) is 0 Å². The predicted molar refractivity (Wildman–Crippen MR) is 102 cm³/mol. The lowest BCUT2D eigenvalue weighted by Crippen LogP contribution is -2.26. The molecule has 0 saturated heterocycles. The number of H-pyrrole nitrogens is 1. The Labute approximate surface area is 160 Å². The maximum absolute atomic E-state index is 12.6. The molecule has 2 heterocycles. The molecular formula is C20H17N5O3. The Balaban J connectivity index is 1.84. The molecule has 0 aliphatic heterocycles. The van der Waals surface area contributed by atoms with Crippen molar-refractivity contribution in [3.05, 3.63) is 74.8 Å². The standard InChI is InChI=1S/C20H17N5O3/c1-11-9-15(28-20-14(10-21)5-4-8-22-20)6-7-16(11)23-18(26)17-12(2)13(3)24-25-19(17)27/h4-9H,1-3H3,(H,23,26)(H,25,27). The lowest BCUT2D eigenvalue weighted by Gasteiger charge is -2.12. The molecule has 3 rings (SSSR count). The maximum atomic E-state index is 12.6. The van der Waals surface area contributed by atoms with E-state index in [-0.39, 0.29) is 11.4 Å². The van der Waals surface area contributed by atoms with Gasteiger partial charge < -0.3 is 10.1 Å². The number of nitriles is 1. The molecule has 0 unspecified atom stereocenters. The van der Waals surface area contributed by atoms with Crippen LogP contribution in [0.15, 0.2) is 41.3 Å². The van der Waals surface area contributed by atoms with Crippen molar-refractivity contribution in [3.63, 3.8) is 0 Å². The highest BCUT2D eigenvalue weighted by Crippen LogP contribution is 2.27. The van der Waals surface area contributed by atoms with Crippen LogP contribution in [-0.2, 0) is 0 Å². The molecule has 8 nitrogen and oxygen atoms in total. The van der Waals surface area contributed by atoms with Gasteiger partial charge in [0.05, 0.1) is 5.69 Å². The van der Waals surface area contributed by atoms with Crippen LogP contribution >= 0.6 is 0 Å². The molecule has 0 radical (unpaired) electrons. The zero-order chi connectivity index (χ0) is 20.3. The Morgan fingerprint density at radius 3 is 2.75 bits per heavy atom. The first kappa shape index (κ1) is 18.8. The Bertz CT molecular complexity index is 1160. The number of carbonyl (C=O) groups is 1. The molecule has 3 aromatic rings. The number of anilines is 1. The van der Waals surface area contributed by atoms with Crippen LogP contribution in [0.5, 0.6) is 11.6 Å². The highest BCUT2D eigenvalue weighted by Gasteiger charge is 2.17. The summed E-state index contributed by atoms with van der Waals surface area (Å²) in [5.74, 6) is 0.160. The van der Waals surface area contributed by atoms with Crippen molar-refractivity contribution in [1.82, 2.24) is 15.2 Å². The van der Waals surface area contributed by atoms with Gasteiger partial charge in [-0.15, -0.1) is 0 Å². The summed E-state index contributed by atoms with van der Waals surface area (Å²) in [5, 5.41) is 18.0. The van der Waals surface area contributed by atoms with Gasteiger partial charge in [0.2, 0.25) is 5.88 Å². The second-order valence-corrected chi connectivity index (χ2v) is 6.14. The van der Waals surface area contributed by atoms with Gasteiger partial charge in [-0.2, -0.15) is 10.4 Å². The summed E-state index contributed by atoms with van der Waals surface area (Å²) >= 11 is 0. The van der Waals surface area contributed by atoms with Gasteiger partial charge in [-0.25, -0.2) is 10.1 Å². The van der Waals surface area contributed by atoms with Crippen LogP contribution in [0.25, 0.3) is 0 Å². The molecule has 1 aromatic carbocycles. The largest absolute Gasteiger partial charge is 0.438 e. The summed E-state index contributed by atoms with van der Waals surface area (Å²) in [5.41, 5.74) is 2.16. The van der Waals surface area contributed by atoms with Crippen LogP contribution < -0.4 is 15.6 Å². The van der Waals surface area contributed by atoms with Crippen molar-refractivity contribution >= 4 is 11.6 Å². The lowest BCUT2D eigenvalue weighted by atomic mass is 10.1. The minimum Gasteiger partial charge on any atom is -0.438 e. The number of ether oxygens (including phenoxy) is 1.